The molecule has 0 aliphatic rings. The lowest BCUT2D eigenvalue weighted by Gasteiger charge is -1.93. The molecular weight excluding hydrogens is 274 g/mol. The standard InChI is InChI=1S/C14H17N3O2S/c1-2-6-12-13(9-10-20(15,18)19)17-14(16-12)11-7-4-3-5-8-11/h3-9H,2,10H2,1H3,(H,16,17)(H2,15,18,19)/b12-6+,13-9+. The van der Waals surface area contributed by atoms with Crippen molar-refractivity contribution in [3.05, 3.63) is 41.0 Å². The molecule has 0 aliphatic carbocycles. The second-order valence-electron chi connectivity index (χ2n) is 4.40. The first-order chi connectivity index (χ1) is 9.49. The zero-order chi connectivity index (χ0) is 14.6. The maximum absolute atomic E-state index is 11.0. The van der Waals surface area contributed by atoms with Gasteiger partial charge in [-0.15, -0.1) is 0 Å². The molecule has 5 nitrogen and oxygen atoms in total. The quantitative estimate of drug-likeness (QED) is 0.851. The molecule has 2 rings (SSSR count). The smallest absolute Gasteiger partial charge is 0.212 e. The molecule has 0 bridgehead atoms. The minimum Gasteiger partial charge on any atom is -0.338 e. The van der Waals surface area contributed by atoms with Crippen LogP contribution in [-0.4, -0.2) is 24.1 Å². The topological polar surface area (TPSA) is 88.8 Å². The molecule has 1 aromatic heterocycles. The van der Waals surface area contributed by atoms with Crippen molar-refractivity contribution >= 4 is 22.2 Å². The van der Waals surface area contributed by atoms with Crippen molar-refractivity contribution in [3.8, 4) is 11.4 Å². The van der Waals surface area contributed by atoms with Gasteiger partial charge in [-0.1, -0.05) is 43.3 Å². The number of nitrogens with zero attached hydrogens (tertiary/aromatic N) is 1. The van der Waals surface area contributed by atoms with Crippen molar-refractivity contribution in [3.63, 3.8) is 0 Å². The summed E-state index contributed by atoms with van der Waals surface area (Å²) in [5, 5.41) is 6.44. The van der Waals surface area contributed by atoms with Gasteiger partial charge in [0.1, 0.15) is 5.82 Å². The van der Waals surface area contributed by atoms with Gasteiger partial charge in [0.2, 0.25) is 10.0 Å². The number of nitrogens with two attached hydrogens (primary N) is 1. The van der Waals surface area contributed by atoms with Gasteiger partial charge >= 0.3 is 0 Å². The van der Waals surface area contributed by atoms with E-state index >= 15 is 0 Å². The van der Waals surface area contributed by atoms with Crippen molar-refractivity contribution in [1.82, 2.24) is 9.97 Å². The molecule has 0 aliphatic heterocycles. The molecule has 1 heterocycles. The Hall–Kier alpha value is -1.92. The SMILES string of the molecule is CC/C=c1/[nH]c(-c2ccccc2)n/c1=C/CS(N)(=O)=O. The van der Waals surface area contributed by atoms with Crippen molar-refractivity contribution < 1.29 is 8.42 Å². The fourth-order valence-corrected chi connectivity index (χ4v) is 2.23. The molecule has 3 N–H and O–H groups in total. The van der Waals surface area contributed by atoms with E-state index in [2.05, 4.69) is 9.97 Å². The predicted octanol–water partition coefficient (Wildman–Crippen LogP) is 0.336. The molecule has 0 amide bonds. The molecule has 0 spiro atoms. The van der Waals surface area contributed by atoms with Gasteiger partial charge in [-0.25, -0.2) is 18.5 Å². The van der Waals surface area contributed by atoms with Gasteiger partial charge in [-0.2, -0.15) is 0 Å². The van der Waals surface area contributed by atoms with Crippen molar-refractivity contribution in [1.29, 1.82) is 0 Å². The number of H-pyrrole nitrogens is 1. The zero-order valence-electron chi connectivity index (χ0n) is 11.2. The molecule has 0 atom stereocenters. The zero-order valence-corrected chi connectivity index (χ0v) is 12.0. The van der Waals surface area contributed by atoms with Crippen LogP contribution < -0.4 is 15.8 Å². The van der Waals surface area contributed by atoms with E-state index < -0.39 is 10.0 Å². The van der Waals surface area contributed by atoms with Crippen molar-refractivity contribution in [2.75, 3.05) is 5.75 Å². The fraction of sp³-hybridized carbons (Fsp3) is 0.214. The number of sulfonamides is 1. The van der Waals surface area contributed by atoms with E-state index in [4.69, 9.17) is 5.14 Å². The van der Waals surface area contributed by atoms with Crippen LogP contribution >= 0.6 is 0 Å². The van der Waals surface area contributed by atoms with Crippen LogP contribution in [0.25, 0.3) is 23.5 Å². The van der Waals surface area contributed by atoms with Crippen LogP contribution in [0.1, 0.15) is 13.3 Å². The van der Waals surface area contributed by atoms with Gasteiger partial charge < -0.3 is 4.98 Å². The summed E-state index contributed by atoms with van der Waals surface area (Å²) in [5.74, 6) is 0.488. The maximum atomic E-state index is 11.0. The summed E-state index contributed by atoms with van der Waals surface area (Å²) in [7, 11) is -3.53. The first-order valence-electron chi connectivity index (χ1n) is 6.32. The van der Waals surface area contributed by atoms with Gasteiger partial charge in [0, 0.05) is 5.56 Å². The third kappa shape index (κ3) is 3.79. The van der Waals surface area contributed by atoms with Crippen LogP contribution in [0, 0.1) is 0 Å². The average molecular weight is 291 g/mol. The molecule has 6 heteroatoms. The van der Waals surface area contributed by atoms with Crippen molar-refractivity contribution in [2.24, 2.45) is 5.14 Å². The van der Waals surface area contributed by atoms with Crippen LogP contribution in [0.15, 0.2) is 30.3 Å². The van der Waals surface area contributed by atoms with Crippen LogP contribution in [0.2, 0.25) is 0 Å². The molecule has 0 radical (unpaired) electrons. The van der Waals surface area contributed by atoms with Gasteiger partial charge in [0.25, 0.3) is 0 Å². The van der Waals surface area contributed by atoms with Crippen LogP contribution in [-0.2, 0) is 10.0 Å². The highest BCUT2D eigenvalue weighted by molar-refractivity contribution is 7.89. The third-order valence-electron chi connectivity index (χ3n) is 2.73. The number of imidazole rings is 1. The highest BCUT2D eigenvalue weighted by atomic mass is 32.2. The van der Waals surface area contributed by atoms with Gasteiger partial charge in [0.05, 0.1) is 16.5 Å². The monoisotopic (exact) mass is 291 g/mol. The molecule has 20 heavy (non-hydrogen) atoms. The Bertz CT molecular complexity index is 793. The maximum Gasteiger partial charge on any atom is 0.212 e. The number of benzene rings is 1. The highest BCUT2D eigenvalue weighted by Gasteiger charge is 2.03. The van der Waals surface area contributed by atoms with E-state index in [9.17, 15) is 8.42 Å². The summed E-state index contributed by atoms with van der Waals surface area (Å²) in [6, 6.07) is 9.67. The van der Waals surface area contributed by atoms with E-state index in [1.165, 1.54) is 6.08 Å². The first kappa shape index (κ1) is 14.5. The molecule has 0 saturated heterocycles. The Morgan fingerprint density at radius 3 is 2.55 bits per heavy atom. The molecule has 2 aromatic rings. The Morgan fingerprint density at radius 1 is 1.25 bits per heavy atom. The average Bonchev–Trinajstić information content (AvgIpc) is 2.80. The number of primary sulfonamides is 1. The van der Waals surface area contributed by atoms with Crippen LogP contribution in [0.5, 0.6) is 0 Å². The number of hydrogen-bond acceptors (Lipinski definition) is 3. The summed E-state index contributed by atoms with van der Waals surface area (Å²) in [6.45, 7) is 2.01. The Morgan fingerprint density at radius 2 is 1.95 bits per heavy atom. The lowest BCUT2D eigenvalue weighted by molar-refractivity contribution is 0.601. The normalized spacial score (nSPS) is 13.9. The summed E-state index contributed by atoms with van der Waals surface area (Å²) in [4.78, 5) is 7.64. The Labute approximate surface area is 117 Å². The van der Waals surface area contributed by atoms with E-state index in [1.54, 1.807) is 0 Å². The lowest BCUT2D eigenvalue weighted by Crippen LogP contribution is -2.26. The fourth-order valence-electron chi connectivity index (χ4n) is 1.84. The molecule has 106 valence electrons. The second-order valence-corrected chi connectivity index (χ2v) is 6.06. The predicted molar refractivity (Wildman–Crippen MR) is 80.5 cm³/mol. The molecule has 0 unspecified atom stereocenters. The summed E-state index contributed by atoms with van der Waals surface area (Å²) < 4.78 is 22.1. The largest absolute Gasteiger partial charge is 0.338 e. The Kier molecular flexibility index (Phi) is 4.36. The van der Waals surface area contributed by atoms with E-state index in [0.717, 1.165) is 17.3 Å². The number of aromatic amines is 1. The summed E-state index contributed by atoms with van der Waals surface area (Å²) in [5.41, 5.74) is 0.952. The molecule has 0 saturated carbocycles. The van der Waals surface area contributed by atoms with Gasteiger partial charge in [-0.05, 0) is 12.5 Å². The van der Waals surface area contributed by atoms with E-state index in [-0.39, 0.29) is 5.75 Å². The summed E-state index contributed by atoms with van der Waals surface area (Å²) >= 11 is 0. The number of hydrogen-bond donors (Lipinski definition) is 2. The van der Waals surface area contributed by atoms with Gasteiger partial charge in [-0.3, -0.25) is 0 Å². The third-order valence-corrected chi connectivity index (χ3v) is 3.36. The molecule has 1 aromatic carbocycles. The van der Waals surface area contributed by atoms with E-state index in [0.29, 0.717) is 11.2 Å². The molecular formula is C14H17N3O2S. The second kappa shape index (κ2) is 6.02. The number of nitrogens with one attached hydrogen (secondary N) is 1. The van der Waals surface area contributed by atoms with Gasteiger partial charge in [0.15, 0.2) is 0 Å². The molecule has 0 fully saturated rings. The number of aromatic nitrogens is 2. The van der Waals surface area contributed by atoms with Crippen LogP contribution in [0.3, 0.4) is 0 Å². The lowest BCUT2D eigenvalue weighted by atomic mass is 10.2. The highest BCUT2D eigenvalue weighted by Crippen LogP contribution is 2.10. The van der Waals surface area contributed by atoms with Crippen LogP contribution in [0.4, 0.5) is 0 Å². The summed E-state index contributed by atoms with van der Waals surface area (Å²) in [6.07, 6.45) is 4.32. The minimum absolute atomic E-state index is 0.226. The van der Waals surface area contributed by atoms with Crippen molar-refractivity contribution in [2.45, 2.75) is 13.3 Å². The number of rotatable bonds is 4. The Balaban J connectivity index is 2.53. The minimum atomic E-state index is -3.53. The first-order valence-corrected chi connectivity index (χ1v) is 8.03. The van der Waals surface area contributed by atoms with E-state index in [1.807, 2.05) is 43.3 Å².